The highest BCUT2D eigenvalue weighted by atomic mass is 32.2. The topological polar surface area (TPSA) is 136 Å². The van der Waals surface area contributed by atoms with Crippen LogP contribution in [0.4, 0.5) is 5.69 Å². The molecule has 1 aliphatic rings. The van der Waals surface area contributed by atoms with Crippen LogP contribution in [0.1, 0.15) is 55.8 Å². The van der Waals surface area contributed by atoms with Gasteiger partial charge in [0.05, 0.1) is 40.4 Å². The maximum atomic E-state index is 13.8. The average Bonchev–Trinajstić information content (AvgIpc) is 3.84. The number of nitrogens with one attached hydrogen (secondary N) is 1. The maximum Gasteiger partial charge on any atom is 0.273 e. The van der Waals surface area contributed by atoms with Gasteiger partial charge in [-0.2, -0.15) is 5.10 Å². The molecule has 1 atom stereocenters. The second kappa shape index (κ2) is 14.1. The zero-order valence-electron chi connectivity index (χ0n) is 25.7. The van der Waals surface area contributed by atoms with Crippen LogP contribution in [0.2, 0.25) is 0 Å². The molecule has 0 spiro atoms. The lowest BCUT2D eigenvalue weighted by Gasteiger charge is -2.22. The standard InChI is InChI=1S/C34H31N7O4S2/c1-22-13-15-25(16-14-22)29-18-27(30-12-7-17-46-30)38-40(29)32(42)21-47-34-37-36-31(39(34)20-24-8-4-3-5-9-24)19-35-33(43)26-10-6-11-28(23(26)2)41(44)45/h3-17,29H,18-21H2,1-2H3,(H,35,43)/t29-/m0/s1. The summed E-state index contributed by atoms with van der Waals surface area (Å²) in [5.41, 5.74) is 4.41. The van der Waals surface area contributed by atoms with E-state index >= 15 is 0 Å². The molecule has 1 aliphatic heterocycles. The predicted molar refractivity (Wildman–Crippen MR) is 182 cm³/mol. The summed E-state index contributed by atoms with van der Waals surface area (Å²) in [6.45, 7) is 4.03. The Balaban J connectivity index is 1.21. The van der Waals surface area contributed by atoms with Crippen molar-refractivity contribution in [1.29, 1.82) is 0 Å². The van der Waals surface area contributed by atoms with E-state index in [1.807, 2.05) is 83.6 Å². The maximum absolute atomic E-state index is 13.8. The molecule has 3 aromatic carbocycles. The number of aryl methyl sites for hydroxylation is 1. The molecule has 3 heterocycles. The van der Waals surface area contributed by atoms with Gasteiger partial charge >= 0.3 is 0 Å². The number of rotatable bonds is 11. The Kier molecular flexibility index (Phi) is 9.55. The van der Waals surface area contributed by atoms with E-state index in [1.165, 1.54) is 23.9 Å². The third kappa shape index (κ3) is 7.16. The average molecular weight is 666 g/mol. The van der Waals surface area contributed by atoms with Crippen molar-refractivity contribution in [2.24, 2.45) is 5.10 Å². The highest BCUT2D eigenvalue weighted by Gasteiger charge is 2.33. The highest BCUT2D eigenvalue weighted by molar-refractivity contribution is 7.99. The van der Waals surface area contributed by atoms with Crippen LogP contribution in [0.25, 0.3) is 0 Å². The minimum atomic E-state index is -0.507. The number of hydrazone groups is 1. The van der Waals surface area contributed by atoms with Crippen LogP contribution in [0.3, 0.4) is 0 Å². The number of carbonyl (C=O) groups is 2. The van der Waals surface area contributed by atoms with Crippen molar-refractivity contribution in [3.63, 3.8) is 0 Å². The Morgan fingerprint density at radius 2 is 1.79 bits per heavy atom. The van der Waals surface area contributed by atoms with Crippen LogP contribution >= 0.6 is 23.1 Å². The number of aromatic nitrogens is 3. The zero-order valence-corrected chi connectivity index (χ0v) is 27.3. The van der Waals surface area contributed by atoms with E-state index in [4.69, 9.17) is 5.10 Å². The monoisotopic (exact) mass is 665 g/mol. The number of benzene rings is 3. The van der Waals surface area contributed by atoms with E-state index < -0.39 is 10.8 Å². The van der Waals surface area contributed by atoms with Crippen LogP contribution in [0.5, 0.6) is 0 Å². The number of thioether (sulfide) groups is 1. The summed E-state index contributed by atoms with van der Waals surface area (Å²) >= 11 is 2.86. The fraction of sp³-hybridized carbons (Fsp3) is 0.206. The van der Waals surface area contributed by atoms with Gasteiger partial charge in [0.25, 0.3) is 17.5 Å². The minimum absolute atomic E-state index is 0.0331. The summed E-state index contributed by atoms with van der Waals surface area (Å²) in [6, 6.07) is 26.1. The molecule has 2 amide bonds. The van der Waals surface area contributed by atoms with E-state index in [-0.39, 0.29) is 41.1 Å². The van der Waals surface area contributed by atoms with Gasteiger partial charge in [-0.3, -0.25) is 19.7 Å². The van der Waals surface area contributed by atoms with Gasteiger partial charge < -0.3 is 9.88 Å². The van der Waals surface area contributed by atoms with Crippen molar-refractivity contribution in [3.8, 4) is 0 Å². The largest absolute Gasteiger partial charge is 0.345 e. The molecular weight excluding hydrogens is 635 g/mol. The Morgan fingerprint density at radius 1 is 1.00 bits per heavy atom. The Bertz CT molecular complexity index is 1940. The molecule has 0 saturated heterocycles. The normalized spacial score (nSPS) is 14.2. The number of amides is 2. The lowest BCUT2D eigenvalue weighted by molar-refractivity contribution is -0.385. The Hall–Kier alpha value is -5.14. The molecule has 238 valence electrons. The first-order chi connectivity index (χ1) is 22.8. The van der Waals surface area contributed by atoms with Crippen molar-refractivity contribution < 1.29 is 14.5 Å². The molecule has 5 aromatic rings. The highest BCUT2D eigenvalue weighted by Crippen LogP contribution is 2.35. The third-order valence-electron chi connectivity index (χ3n) is 7.89. The van der Waals surface area contributed by atoms with E-state index in [0.29, 0.717) is 23.9 Å². The summed E-state index contributed by atoms with van der Waals surface area (Å²) in [7, 11) is 0. The van der Waals surface area contributed by atoms with E-state index in [2.05, 4.69) is 15.5 Å². The molecule has 6 rings (SSSR count). The fourth-order valence-electron chi connectivity index (χ4n) is 5.38. The zero-order chi connectivity index (χ0) is 32.9. The molecule has 0 bridgehead atoms. The van der Waals surface area contributed by atoms with Crippen molar-refractivity contribution in [3.05, 3.63) is 139 Å². The number of thiophene rings is 1. The molecule has 0 fully saturated rings. The minimum Gasteiger partial charge on any atom is -0.345 e. The number of carbonyl (C=O) groups excluding carboxylic acids is 2. The van der Waals surface area contributed by atoms with Crippen LogP contribution < -0.4 is 5.32 Å². The van der Waals surface area contributed by atoms with Crippen molar-refractivity contribution in [2.75, 3.05) is 5.75 Å². The molecule has 11 nitrogen and oxygen atoms in total. The third-order valence-corrected chi connectivity index (χ3v) is 9.76. The fourth-order valence-corrected chi connectivity index (χ4v) is 6.91. The van der Waals surface area contributed by atoms with Gasteiger partial charge in [0.1, 0.15) is 0 Å². The summed E-state index contributed by atoms with van der Waals surface area (Å²) in [5.74, 6) is -0.0507. The quantitative estimate of drug-likeness (QED) is 0.0992. The Labute approximate surface area is 279 Å². The number of nitrogens with zero attached hydrogens (tertiary/aromatic N) is 6. The lowest BCUT2D eigenvalue weighted by atomic mass is 10.00. The van der Waals surface area contributed by atoms with Crippen molar-refractivity contribution >= 4 is 46.3 Å². The first kappa shape index (κ1) is 31.8. The smallest absolute Gasteiger partial charge is 0.273 e. The summed E-state index contributed by atoms with van der Waals surface area (Å²) in [4.78, 5) is 38.8. The number of hydrogen-bond donors (Lipinski definition) is 1. The van der Waals surface area contributed by atoms with Gasteiger partial charge in [-0.25, -0.2) is 5.01 Å². The number of hydrogen-bond acceptors (Lipinski definition) is 9. The molecular formula is C34H31N7O4S2. The molecule has 0 unspecified atom stereocenters. The van der Waals surface area contributed by atoms with E-state index in [1.54, 1.807) is 29.3 Å². The summed E-state index contributed by atoms with van der Waals surface area (Å²) in [6.07, 6.45) is 0.623. The van der Waals surface area contributed by atoms with Crippen molar-refractivity contribution in [2.45, 2.75) is 44.6 Å². The molecule has 47 heavy (non-hydrogen) atoms. The molecule has 13 heteroatoms. The van der Waals surface area contributed by atoms with Gasteiger partial charge in [0.2, 0.25) is 0 Å². The van der Waals surface area contributed by atoms with Crippen molar-refractivity contribution in [1.82, 2.24) is 25.1 Å². The molecule has 0 aliphatic carbocycles. The number of nitro benzene ring substituents is 1. The second-order valence-electron chi connectivity index (χ2n) is 11.0. The lowest BCUT2D eigenvalue weighted by Crippen LogP contribution is -2.28. The number of nitro groups is 1. The SMILES string of the molecule is Cc1ccc([C@@H]2CC(c3cccs3)=NN2C(=O)CSc2nnc(CNC(=O)c3cccc([N+](=O)[O-])c3C)n2Cc2ccccc2)cc1. The van der Waals surface area contributed by atoms with E-state index in [9.17, 15) is 19.7 Å². The van der Waals surface area contributed by atoms with Gasteiger partial charge in [-0.15, -0.1) is 21.5 Å². The van der Waals surface area contributed by atoms with Gasteiger partial charge in [0.15, 0.2) is 11.0 Å². The first-order valence-corrected chi connectivity index (χ1v) is 16.8. The molecule has 0 saturated carbocycles. The van der Waals surface area contributed by atoms with Crippen LogP contribution in [0.15, 0.2) is 101 Å². The molecule has 0 radical (unpaired) electrons. The van der Waals surface area contributed by atoms with Gasteiger partial charge in [0, 0.05) is 23.6 Å². The van der Waals surface area contributed by atoms with Gasteiger partial charge in [-0.1, -0.05) is 84.1 Å². The van der Waals surface area contributed by atoms with Crippen LogP contribution in [-0.4, -0.2) is 48.0 Å². The summed E-state index contributed by atoms with van der Waals surface area (Å²) in [5, 5.41) is 31.9. The second-order valence-corrected chi connectivity index (χ2v) is 12.9. The van der Waals surface area contributed by atoms with Gasteiger partial charge in [-0.05, 0) is 42.5 Å². The predicted octanol–water partition coefficient (Wildman–Crippen LogP) is 6.31. The van der Waals surface area contributed by atoms with E-state index in [0.717, 1.165) is 27.3 Å². The molecule has 2 aromatic heterocycles. The van der Waals surface area contributed by atoms with Crippen LogP contribution in [0, 0.1) is 24.0 Å². The first-order valence-electron chi connectivity index (χ1n) is 14.9. The Morgan fingerprint density at radius 3 is 2.51 bits per heavy atom. The summed E-state index contributed by atoms with van der Waals surface area (Å²) < 4.78 is 1.87. The molecule has 1 N–H and O–H groups in total. The van der Waals surface area contributed by atoms with Crippen LogP contribution in [-0.2, 0) is 17.9 Å².